The monoisotopic (exact) mass is 512 g/mol. The third-order valence-electron chi connectivity index (χ3n) is 5.46. The molecule has 2 saturated carbocycles. The zero-order valence-electron chi connectivity index (χ0n) is 16.8. The summed E-state index contributed by atoms with van der Waals surface area (Å²) < 4.78 is 12.1. The first kappa shape index (κ1) is 24.7. The molecule has 27 heavy (non-hydrogen) atoms. The molecule has 158 valence electrons. The van der Waals surface area contributed by atoms with Gasteiger partial charge in [-0.2, -0.15) is 0 Å². The highest BCUT2D eigenvalue weighted by atomic mass is 127. The van der Waals surface area contributed by atoms with Crippen LogP contribution in [0, 0.1) is 0 Å². The fourth-order valence-corrected chi connectivity index (χ4v) is 5.33. The molecule has 3 atom stereocenters. The highest BCUT2D eigenvalue weighted by Crippen LogP contribution is 2.23. The smallest absolute Gasteiger partial charge is 0.221 e. The van der Waals surface area contributed by atoms with Gasteiger partial charge in [-0.15, -0.1) is 24.0 Å². The molecule has 0 radical (unpaired) electrons. The highest BCUT2D eigenvalue weighted by Gasteiger charge is 2.26. The first-order valence-corrected chi connectivity index (χ1v) is 11.6. The number of carbonyl (C=O) groups is 1. The van der Waals surface area contributed by atoms with Crippen LogP contribution in [-0.2, 0) is 15.6 Å². The number of rotatable bonds is 7. The van der Waals surface area contributed by atoms with Crippen LogP contribution in [0.3, 0.4) is 0 Å². The molecule has 2 rings (SSSR count). The maximum Gasteiger partial charge on any atom is 0.221 e. The van der Waals surface area contributed by atoms with Gasteiger partial charge in [-0.25, -0.2) is 0 Å². The summed E-state index contributed by atoms with van der Waals surface area (Å²) in [5.74, 6) is 1.60. The van der Waals surface area contributed by atoms with Crippen molar-refractivity contribution in [3.8, 4) is 0 Å². The van der Waals surface area contributed by atoms with Crippen molar-refractivity contribution in [1.29, 1.82) is 0 Å². The van der Waals surface area contributed by atoms with Gasteiger partial charge in [0, 0.05) is 53.9 Å². The summed E-state index contributed by atoms with van der Waals surface area (Å²) in [5, 5.41) is 10.1. The maximum absolute atomic E-state index is 12.1. The Bertz CT molecular complexity index is 498. The zero-order chi connectivity index (χ0) is 18.8. The van der Waals surface area contributed by atoms with E-state index in [0.717, 1.165) is 50.2 Å². The van der Waals surface area contributed by atoms with Crippen molar-refractivity contribution in [2.45, 2.75) is 88.5 Å². The molecule has 0 bridgehead atoms. The van der Waals surface area contributed by atoms with E-state index in [1.54, 1.807) is 7.05 Å². The number of nitrogens with zero attached hydrogens (tertiary/aromatic N) is 1. The van der Waals surface area contributed by atoms with Gasteiger partial charge in [0.05, 0.1) is 0 Å². The number of hydrogen-bond donors (Lipinski definition) is 3. The van der Waals surface area contributed by atoms with Crippen LogP contribution in [0.5, 0.6) is 0 Å². The third-order valence-corrected chi connectivity index (χ3v) is 7.20. The Morgan fingerprint density at radius 1 is 1.04 bits per heavy atom. The minimum atomic E-state index is -0.720. The Labute approximate surface area is 184 Å². The first-order valence-electron chi connectivity index (χ1n) is 10.3. The van der Waals surface area contributed by atoms with E-state index in [9.17, 15) is 9.00 Å². The molecule has 2 aliphatic rings. The van der Waals surface area contributed by atoms with Gasteiger partial charge in [0.2, 0.25) is 5.91 Å². The Hall–Kier alpha value is -0.380. The lowest BCUT2D eigenvalue weighted by atomic mass is 9.95. The maximum atomic E-state index is 12.1. The standard InChI is InChI=1S/C19H36N4O2S.HI/c1-3-26(25)17-11-7-10-16(14-17)23-19(20-2)21-13-12-18(24)22-15-8-5-4-6-9-15;/h15-17H,3-14H2,1-2H3,(H,22,24)(H2,20,21,23);1H. The first-order chi connectivity index (χ1) is 12.6. The van der Waals surface area contributed by atoms with Gasteiger partial charge in [0.1, 0.15) is 0 Å². The molecule has 3 N–H and O–H groups in total. The molecular weight excluding hydrogens is 475 g/mol. The Morgan fingerprint density at radius 3 is 2.41 bits per heavy atom. The predicted molar refractivity (Wildman–Crippen MR) is 124 cm³/mol. The van der Waals surface area contributed by atoms with Crippen LogP contribution in [0.15, 0.2) is 4.99 Å². The lowest BCUT2D eigenvalue weighted by molar-refractivity contribution is -0.121. The van der Waals surface area contributed by atoms with E-state index in [2.05, 4.69) is 20.9 Å². The molecule has 6 nitrogen and oxygen atoms in total. The van der Waals surface area contributed by atoms with Crippen molar-refractivity contribution >= 4 is 46.6 Å². The normalized spacial score (nSPS) is 25.2. The number of halogens is 1. The number of hydrogen-bond acceptors (Lipinski definition) is 3. The SMILES string of the molecule is CCS(=O)C1CCCC(NC(=NC)NCCC(=O)NC2CCCCC2)C1.I. The van der Waals surface area contributed by atoms with Crippen LogP contribution in [0.1, 0.15) is 71.1 Å². The predicted octanol–water partition coefficient (Wildman–Crippen LogP) is 2.69. The molecule has 3 unspecified atom stereocenters. The fraction of sp³-hybridized carbons (Fsp3) is 0.895. The summed E-state index contributed by atoms with van der Waals surface area (Å²) in [5.41, 5.74) is 0. The number of aliphatic imine (C=N–C) groups is 1. The Kier molecular flexibility index (Phi) is 12.5. The number of amides is 1. The Morgan fingerprint density at radius 2 is 1.74 bits per heavy atom. The average molecular weight is 513 g/mol. The van der Waals surface area contributed by atoms with Gasteiger partial charge >= 0.3 is 0 Å². The molecule has 2 aliphatic carbocycles. The van der Waals surface area contributed by atoms with E-state index in [1.807, 2.05) is 6.92 Å². The molecule has 0 saturated heterocycles. The van der Waals surface area contributed by atoms with Crippen molar-refractivity contribution in [2.75, 3.05) is 19.3 Å². The summed E-state index contributed by atoms with van der Waals surface area (Å²) in [7, 11) is 1.03. The number of guanidine groups is 1. The lowest BCUT2D eigenvalue weighted by Gasteiger charge is -2.30. The summed E-state index contributed by atoms with van der Waals surface area (Å²) in [6, 6.07) is 0.679. The molecule has 8 heteroatoms. The molecule has 0 aromatic carbocycles. The van der Waals surface area contributed by atoms with Crippen molar-refractivity contribution < 1.29 is 9.00 Å². The van der Waals surface area contributed by atoms with E-state index in [-0.39, 0.29) is 29.9 Å². The third kappa shape index (κ3) is 9.11. The van der Waals surface area contributed by atoms with E-state index < -0.39 is 10.8 Å². The van der Waals surface area contributed by atoms with E-state index >= 15 is 0 Å². The van der Waals surface area contributed by atoms with Gasteiger partial charge < -0.3 is 16.0 Å². The molecule has 2 fully saturated rings. The van der Waals surface area contributed by atoms with Crippen LogP contribution in [-0.4, -0.2) is 52.8 Å². The quantitative estimate of drug-likeness (QED) is 0.278. The van der Waals surface area contributed by atoms with Crippen molar-refractivity contribution in [1.82, 2.24) is 16.0 Å². The van der Waals surface area contributed by atoms with Crippen LogP contribution in [0.2, 0.25) is 0 Å². The highest BCUT2D eigenvalue weighted by molar-refractivity contribution is 14.0. The van der Waals surface area contributed by atoms with Gasteiger partial charge in [-0.05, 0) is 32.1 Å². The fourth-order valence-electron chi connectivity index (χ4n) is 3.98. The largest absolute Gasteiger partial charge is 0.356 e. The zero-order valence-corrected chi connectivity index (χ0v) is 19.9. The number of nitrogens with one attached hydrogen (secondary N) is 3. The molecule has 0 aromatic heterocycles. The molecule has 0 heterocycles. The van der Waals surface area contributed by atoms with E-state index in [4.69, 9.17) is 0 Å². The van der Waals surface area contributed by atoms with Gasteiger partial charge in [0.25, 0.3) is 0 Å². The average Bonchev–Trinajstić information content (AvgIpc) is 2.67. The molecule has 1 amide bonds. The second-order valence-corrected chi connectivity index (χ2v) is 9.46. The van der Waals surface area contributed by atoms with Gasteiger partial charge in [0.15, 0.2) is 5.96 Å². The van der Waals surface area contributed by atoms with Crippen LogP contribution >= 0.6 is 24.0 Å². The molecule has 0 aliphatic heterocycles. The second-order valence-electron chi connectivity index (χ2n) is 7.45. The summed E-state index contributed by atoms with van der Waals surface area (Å²) in [6.07, 6.45) is 10.6. The van der Waals surface area contributed by atoms with Crippen LogP contribution in [0.4, 0.5) is 0 Å². The summed E-state index contributed by atoms with van der Waals surface area (Å²) in [6.45, 7) is 2.57. The van der Waals surface area contributed by atoms with Crippen molar-refractivity contribution in [2.24, 2.45) is 4.99 Å². The summed E-state index contributed by atoms with van der Waals surface area (Å²) >= 11 is 0. The van der Waals surface area contributed by atoms with E-state index in [1.165, 1.54) is 19.3 Å². The molecule has 0 aromatic rings. The minimum absolute atomic E-state index is 0. The van der Waals surface area contributed by atoms with Crippen LogP contribution in [0.25, 0.3) is 0 Å². The molecule has 0 spiro atoms. The summed E-state index contributed by atoms with van der Waals surface area (Å²) in [4.78, 5) is 16.3. The number of carbonyl (C=O) groups excluding carboxylic acids is 1. The van der Waals surface area contributed by atoms with Crippen molar-refractivity contribution in [3.05, 3.63) is 0 Å². The Balaban J connectivity index is 0.00000364. The van der Waals surface area contributed by atoms with Gasteiger partial charge in [-0.1, -0.05) is 32.6 Å². The topological polar surface area (TPSA) is 82.6 Å². The second kappa shape index (κ2) is 13.7. The molecular formula is C19H37IN4O2S. The van der Waals surface area contributed by atoms with Crippen LogP contribution < -0.4 is 16.0 Å². The minimum Gasteiger partial charge on any atom is -0.356 e. The van der Waals surface area contributed by atoms with E-state index in [0.29, 0.717) is 30.3 Å². The van der Waals surface area contributed by atoms with Gasteiger partial charge in [-0.3, -0.25) is 14.0 Å². The van der Waals surface area contributed by atoms with Crippen molar-refractivity contribution in [3.63, 3.8) is 0 Å². The lowest BCUT2D eigenvalue weighted by Crippen LogP contribution is -2.47.